The van der Waals surface area contributed by atoms with E-state index in [2.05, 4.69) is 15.5 Å². The Hall–Kier alpha value is -1.17. The van der Waals surface area contributed by atoms with Gasteiger partial charge in [-0.15, -0.1) is 0 Å². The molecule has 0 bridgehead atoms. The number of hydrogen-bond donors (Lipinski definition) is 3. The highest BCUT2D eigenvalue weighted by Crippen LogP contribution is 2.07. The molecular formula is C9H16N4OS. The van der Waals surface area contributed by atoms with E-state index < -0.39 is 0 Å². The van der Waals surface area contributed by atoms with Crippen LogP contribution in [0.1, 0.15) is 23.7 Å². The molecule has 6 heteroatoms. The van der Waals surface area contributed by atoms with E-state index in [4.69, 9.17) is 5.73 Å². The summed E-state index contributed by atoms with van der Waals surface area (Å²) in [4.78, 5) is 11.7. The fraction of sp³-hybridized carbons (Fsp3) is 0.556. The summed E-state index contributed by atoms with van der Waals surface area (Å²) in [6.45, 7) is 2.04. The molecule has 1 atom stereocenters. The summed E-state index contributed by atoms with van der Waals surface area (Å²) in [5.41, 5.74) is 5.96. The first-order chi connectivity index (χ1) is 7.19. The van der Waals surface area contributed by atoms with E-state index in [-0.39, 0.29) is 11.9 Å². The number of thioether (sulfide) groups is 1. The van der Waals surface area contributed by atoms with Crippen molar-refractivity contribution in [3.8, 4) is 0 Å². The van der Waals surface area contributed by atoms with Crippen LogP contribution in [0.15, 0.2) is 6.20 Å². The number of anilines is 1. The molecule has 1 rings (SSSR count). The SMILES string of the molecule is CCC(CSC)NC(=O)c1cn[nH]c1N. The molecule has 15 heavy (non-hydrogen) atoms. The molecule has 0 radical (unpaired) electrons. The number of carbonyl (C=O) groups is 1. The summed E-state index contributed by atoms with van der Waals surface area (Å²) < 4.78 is 0. The highest BCUT2D eigenvalue weighted by molar-refractivity contribution is 7.98. The van der Waals surface area contributed by atoms with Crippen molar-refractivity contribution in [2.45, 2.75) is 19.4 Å². The van der Waals surface area contributed by atoms with Crippen molar-refractivity contribution in [1.29, 1.82) is 0 Å². The molecule has 0 aliphatic heterocycles. The van der Waals surface area contributed by atoms with Crippen molar-refractivity contribution >= 4 is 23.5 Å². The topological polar surface area (TPSA) is 83.8 Å². The molecule has 0 fully saturated rings. The first kappa shape index (κ1) is 11.9. The zero-order valence-corrected chi connectivity index (χ0v) is 9.73. The van der Waals surface area contributed by atoms with Gasteiger partial charge in [0.2, 0.25) is 0 Å². The first-order valence-electron chi connectivity index (χ1n) is 4.77. The molecule has 0 aliphatic carbocycles. The molecule has 0 aromatic carbocycles. The molecule has 4 N–H and O–H groups in total. The Bertz CT molecular complexity index is 326. The van der Waals surface area contributed by atoms with Crippen LogP contribution in [-0.2, 0) is 0 Å². The number of rotatable bonds is 5. The van der Waals surface area contributed by atoms with Crippen LogP contribution in [0.4, 0.5) is 5.82 Å². The fourth-order valence-electron chi connectivity index (χ4n) is 1.20. The van der Waals surface area contributed by atoms with E-state index in [9.17, 15) is 4.79 Å². The zero-order valence-electron chi connectivity index (χ0n) is 8.91. The van der Waals surface area contributed by atoms with Crippen molar-refractivity contribution in [2.75, 3.05) is 17.7 Å². The quantitative estimate of drug-likeness (QED) is 0.698. The summed E-state index contributed by atoms with van der Waals surface area (Å²) in [5.74, 6) is 1.05. The average molecular weight is 228 g/mol. The Morgan fingerprint density at radius 1 is 1.80 bits per heavy atom. The predicted octanol–water partition coefficient (Wildman–Crippen LogP) is 0.863. The van der Waals surface area contributed by atoms with Crippen LogP contribution in [-0.4, -0.2) is 34.2 Å². The van der Waals surface area contributed by atoms with Gasteiger partial charge in [-0.05, 0) is 12.7 Å². The molecule has 1 unspecified atom stereocenters. The Morgan fingerprint density at radius 3 is 3.00 bits per heavy atom. The summed E-state index contributed by atoms with van der Waals surface area (Å²) in [6, 6.07) is 0.182. The second kappa shape index (κ2) is 5.65. The van der Waals surface area contributed by atoms with Gasteiger partial charge in [0.25, 0.3) is 5.91 Å². The molecule has 1 amide bonds. The first-order valence-corrected chi connectivity index (χ1v) is 6.17. The van der Waals surface area contributed by atoms with Crippen LogP contribution in [0.2, 0.25) is 0 Å². The molecule has 1 aromatic rings. The number of nitrogens with zero attached hydrogens (tertiary/aromatic N) is 1. The summed E-state index contributed by atoms with van der Waals surface area (Å²) >= 11 is 1.71. The van der Waals surface area contributed by atoms with E-state index in [0.29, 0.717) is 11.4 Å². The number of nitrogens with two attached hydrogens (primary N) is 1. The monoisotopic (exact) mass is 228 g/mol. The summed E-state index contributed by atoms with van der Waals surface area (Å²) in [7, 11) is 0. The van der Waals surface area contributed by atoms with Gasteiger partial charge in [-0.2, -0.15) is 16.9 Å². The molecular weight excluding hydrogens is 212 g/mol. The minimum Gasteiger partial charge on any atom is -0.383 e. The Balaban J connectivity index is 2.58. The number of aromatic amines is 1. The van der Waals surface area contributed by atoms with E-state index >= 15 is 0 Å². The second-order valence-electron chi connectivity index (χ2n) is 3.23. The van der Waals surface area contributed by atoms with Gasteiger partial charge >= 0.3 is 0 Å². The smallest absolute Gasteiger partial charge is 0.256 e. The van der Waals surface area contributed by atoms with Crippen molar-refractivity contribution in [3.05, 3.63) is 11.8 Å². The van der Waals surface area contributed by atoms with Gasteiger partial charge in [0.15, 0.2) is 0 Å². The molecule has 1 heterocycles. The predicted molar refractivity (Wildman–Crippen MR) is 62.9 cm³/mol. The van der Waals surface area contributed by atoms with E-state index in [1.54, 1.807) is 11.8 Å². The number of amides is 1. The van der Waals surface area contributed by atoms with Crippen molar-refractivity contribution in [1.82, 2.24) is 15.5 Å². The molecule has 1 aromatic heterocycles. The minimum absolute atomic E-state index is 0.165. The zero-order chi connectivity index (χ0) is 11.3. The highest BCUT2D eigenvalue weighted by atomic mass is 32.2. The largest absolute Gasteiger partial charge is 0.383 e. The van der Waals surface area contributed by atoms with Gasteiger partial charge in [0, 0.05) is 11.8 Å². The standard InChI is InChI=1S/C9H16N4OS/c1-3-6(5-15-2)12-9(14)7-4-11-13-8(7)10/h4,6H,3,5H2,1-2H3,(H,12,14)(H3,10,11,13). The number of nitrogens with one attached hydrogen (secondary N) is 2. The maximum Gasteiger partial charge on any atom is 0.256 e. The molecule has 0 saturated heterocycles. The van der Waals surface area contributed by atoms with Gasteiger partial charge < -0.3 is 11.1 Å². The van der Waals surface area contributed by atoms with Crippen LogP contribution in [0.5, 0.6) is 0 Å². The van der Waals surface area contributed by atoms with Crippen LogP contribution in [0.25, 0.3) is 0 Å². The number of nitrogen functional groups attached to an aromatic ring is 1. The third-order valence-electron chi connectivity index (χ3n) is 2.11. The van der Waals surface area contributed by atoms with Crippen LogP contribution in [0.3, 0.4) is 0 Å². The van der Waals surface area contributed by atoms with E-state index in [0.717, 1.165) is 12.2 Å². The lowest BCUT2D eigenvalue weighted by atomic mass is 10.2. The minimum atomic E-state index is -0.165. The van der Waals surface area contributed by atoms with Gasteiger partial charge in [0.05, 0.1) is 6.20 Å². The van der Waals surface area contributed by atoms with E-state index in [1.807, 2.05) is 13.2 Å². The maximum absolute atomic E-state index is 11.7. The lowest BCUT2D eigenvalue weighted by molar-refractivity contribution is 0.0941. The van der Waals surface area contributed by atoms with Gasteiger partial charge in [0.1, 0.15) is 11.4 Å². The van der Waals surface area contributed by atoms with Crippen molar-refractivity contribution < 1.29 is 4.79 Å². The average Bonchev–Trinajstić information content (AvgIpc) is 2.63. The number of H-pyrrole nitrogens is 1. The van der Waals surface area contributed by atoms with Crippen molar-refractivity contribution in [2.24, 2.45) is 0 Å². The molecule has 5 nitrogen and oxygen atoms in total. The van der Waals surface area contributed by atoms with Gasteiger partial charge in [-0.3, -0.25) is 9.89 Å². The molecule has 84 valence electrons. The third kappa shape index (κ3) is 3.16. The Labute approximate surface area is 93.2 Å². The van der Waals surface area contributed by atoms with Crippen LogP contribution < -0.4 is 11.1 Å². The molecule has 0 spiro atoms. The van der Waals surface area contributed by atoms with Crippen molar-refractivity contribution in [3.63, 3.8) is 0 Å². The highest BCUT2D eigenvalue weighted by Gasteiger charge is 2.15. The Kier molecular flexibility index (Phi) is 4.48. The second-order valence-corrected chi connectivity index (χ2v) is 4.14. The summed E-state index contributed by atoms with van der Waals surface area (Å²) in [5, 5.41) is 9.15. The lowest BCUT2D eigenvalue weighted by Crippen LogP contribution is -2.36. The number of aromatic nitrogens is 2. The number of hydrogen-bond acceptors (Lipinski definition) is 4. The Morgan fingerprint density at radius 2 is 2.53 bits per heavy atom. The maximum atomic E-state index is 11.7. The molecule has 0 aliphatic rings. The normalized spacial score (nSPS) is 12.4. The van der Waals surface area contributed by atoms with Gasteiger partial charge in [-0.1, -0.05) is 6.92 Å². The van der Waals surface area contributed by atoms with Gasteiger partial charge in [-0.25, -0.2) is 0 Å². The molecule has 0 saturated carbocycles. The van der Waals surface area contributed by atoms with Crippen LogP contribution in [0, 0.1) is 0 Å². The number of carbonyl (C=O) groups excluding carboxylic acids is 1. The lowest BCUT2D eigenvalue weighted by Gasteiger charge is -2.15. The van der Waals surface area contributed by atoms with E-state index in [1.165, 1.54) is 6.20 Å². The summed E-state index contributed by atoms with van der Waals surface area (Å²) in [6.07, 6.45) is 4.36. The third-order valence-corrected chi connectivity index (χ3v) is 2.85. The van der Waals surface area contributed by atoms with Crippen LogP contribution >= 0.6 is 11.8 Å². The fourth-order valence-corrected chi connectivity index (χ4v) is 1.92.